The highest BCUT2D eigenvalue weighted by Gasteiger charge is 2.16. The summed E-state index contributed by atoms with van der Waals surface area (Å²) in [6, 6.07) is 3.96. The molecule has 3 heteroatoms. The van der Waals surface area contributed by atoms with Gasteiger partial charge < -0.3 is 10.6 Å². The van der Waals surface area contributed by atoms with Crippen LogP contribution in [0.25, 0.3) is 0 Å². The highest BCUT2D eigenvalue weighted by Crippen LogP contribution is 2.21. The van der Waals surface area contributed by atoms with Gasteiger partial charge in [-0.2, -0.15) is 0 Å². The number of aromatic nitrogens is 1. The first-order valence-electron chi connectivity index (χ1n) is 5.29. The van der Waals surface area contributed by atoms with E-state index in [1.54, 1.807) is 0 Å². The summed E-state index contributed by atoms with van der Waals surface area (Å²) in [5.74, 6) is 0.995. The molecule has 0 unspecified atom stereocenters. The van der Waals surface area contributed by atoms with Crippen LogP contribution in [0.5, 0.6) is 0 Å². The normalized spacial score (nSPS) is 11.5. The highest BCUT2D eigenvalue weighted by atomic mass is 15.2. The Morgan fingerprint density at radius 1 is 1.40 bits per heavy atom. The van der Waals surface area contributed by atoms with Crippen LogP contribution in [0, 0.1) is 5.41 Å². The van der Waals surface area contributed by atoms with Gasteiger partial charge in [0.25, 0.3) is 0 Å². The van der Waals surface area contributed by atoms with Crippen molar-refractivity contribution in [2.75, 3.05) is 18.5 Å². The Morgan fingerprint density at radius 3 is 2.60 bits per heavy atom. The average Bonchev–Trinajstić information content (AvgIpc) is 2.15. The van der Waals surface area contributed by atoms with Crippen LogP contribution >= 0.6 is 0 Å². The van der Waals surface area contributed by atoms with Gasteiger partial charge in [-0.05, 0) is 11.5 Å². The minimum atomic E-state index is 0.262. The van der Waals surface area contributed by atoms with E-state index in [4.69, 9.17) is 5.73 Å². The first-order valence-corrected chi connectivity index (χ1v) is 5.29. The van der Waals surface area contributed by atoms with Crippen LogP contribution in [0.3, 0.4) is 0 Å². The van der Waals surface area contributed by atoms with Crippen LogP contribution in [0.1, 0.15) is 26.3 Å². The van der Waals surface area contributed by atoms with Crippen molar-refractivity contribution in [3.63, 3.8) is 0 Å². The number of anilines is 1. The fourth-order valence-corrected chi connectivity index (χ4v) is 1.72. The zero-order chi connectivity index (χ0) is 11.5. The molecular weight excluding hydrogens is 186 g/mol. The van der Waals surface area contributed by atoms with Crippen LogP contribution in [0.15, 0.2) is 18.3 Å². The molecule has 0 bridgehead atoms. The van der Waals surface area contributed by atoms with E-state index in [1.807, 2.05) is 18.3 Å². The van der Waals surface area contributed by atoms with Crippen molar-refractivity contribution >= 4 is 5.82 Å². The molecule has 15 heavy (non-hydrogen) atoms. The number of nitrogens with two attached hydrogens (primary N) is 1. The third kappa shape index (κ3) is 3.51. The lowest BCUT2D eigenvalue weighted by Crippen LogP contribution is -2.30. The molecule has 0 fully saturated rings. The van der Waals surface area contributed by atoms with Crippen molar-refractivity contribution in [1.29, 1.82) is 0 Å². The monoisotopic (exact) mass is 207 g/mol. The molecule has 0 aromatic carbocycles. The fraction of sp³-hybridized carbons (Fsp3) is 0.583. The number of rotatable bonds is 3. The third-order valence-electron chi connectivity index (χ3n) is 2.16. The van der Waals surface area contributed by atoms with Crippen molar-refractivity contribution in [1.82, 2.24) is 4.98 Å². The van der Waals surface area contributed by atoms with Gasteiger partial charge in [-0.1, -0.05) is 26.8 Å². The van der Waals surface area contributed by atoms with Gasteiger partial charge in [0.1, 0.15) is 5.82 Å². The first kappa shape index (κ1) is 12.0. The maximum Gasteiger partial charge on any atom is 0.132 e. The minimum absolute atomic E-state index is 0.262. The Hall–Kier alpha value is -1.09. The molecule has 0 spiro atoms. The number of nitrogens with zero attached hydrogens (tertiary/aromatic N) is 2. The highest BCUT2D eigenvalue weighted by molar-refractivity contribution is 5.45. The molecule has 0 atom stereocenters. The van der Waals surface area contributed by atoms with E-state index in [0.717, 1.165) is 17.9 Å². The molecule has 2 N–H and O–H groups in total. The van der Waals surface area contributed by atoms with E-state index >= 15 is 0 Å². The van der Waals surface area contributed by atoms with E-state index in [0.29, 0.717) is 6.54 Å². The van der Waals surface area contributed by atoms with Crippen molar-refractivity contribution in [2.45, 2.75) is 27.3 Å². The third-order valence-corrected chi connectivity index (χ3v) is 2.16. The van der Waals surface area contributed by atoms with Gasteiger partial charge in [-0.3, -0.25) is 0 Å². The predicted octanol–water partition coefficient (Wildman–Crippen LogP) is 2.02. The van der Waals surface area contributed by atoms with Crippen LogP contribution in [0.4, 0.5) is 5.82 Å². The topological polar surface area (TPSA) is 42.2 Å². The van der Waals surface area contributed by atoms with Crippen LogP contribution in [0.2, 0.25) is 0 Å². The molecule has 1 aromatic rings. The lowest BCUT2D eigenvalue weighted by molar-refractivity contribution is 0.417. The lowest BCUT2D eigenvalue weighted by atomic mass is 9.96. The maximum atomic E-state index is 5.69. The van der Waals surface area contributed by atoms with Gasteiger partial charge >= 0.3 is 0 Å². The summed E-state index contributed by atoms with van der Waals surface area (Å²) < 4.78 is 0. The quantitative estimate of drug-likeness (QED) is 0.824. The molecule has 84 valence electrons. The van der Waals surface area contributed by atoms with Crippen LogP contribution < -0.4 is 10.6 Å². The molecule has 0 radical (unpaired) electrons. The molecule has 3 nitrogen and oxygen atoms in total. The second-order valence-corrected chi connectivity index (χ2v) is 5.11. The molecule has 0 saturated heterocycles. The van der Waals surface area contributed by atoms with E-state index < -0.39 is 0 Å². The molecule has 1 heterocycles. The molecule has 0 aliphatic rings. The van der Waals surface area contributed by atoms with E-state index in [2.05, 4.69) is 37.7 Å². The van der Waals surface area contributed by atoms with Gasteiger partial charge in [-0.25, -0.2) is 4.98 Å². The second kappa shape index (κ2) is 4.62. The molecule has 0 amide bonds. The summed E-state index contributed by atoms with van der Waals surface area (Å²) in [5.41, 5.74) is 7.05. The summed E-state index contributed by atoms with van der Waals surface area (Å²) in [6.45, 7) is 8.16. The summed E-state index contributed by atoms with van der Waals surface area (Å²) in [7, 11) is 2.06. The van der Waals surface area contributed by atoms with Crippen LogP contribution in [-0.2, 0) is 6.54 Å². The summed E-state index contributed by atoms with van der Waals surface area (Å²) in [4.78, 5) is 6.55. The molecule has 1 rings (SSSR count). The number of hydrogen-bond donors (Lipinski definition) is 1. The van der Waals surface area contributed by atoms with Gasteiger partial charge in [0, 0.05) is 31.9 Å². The van der Waals surface area contributed by atoms with E-state index in [1.165, 1.54) is 0 Å². The molecule has 0 aliphatic heterocycles. The summed E-state index contributed by atoms with van der Waals surface area (Å²) in [6.07, 6.45) is 1.81. The molecule has 0 saturated carbocycles. The maximum absolute atomic E-state index is 5.69. The number of hydrogen-bond acceptors (Lipinski definition) is 3. The van der Waals surface area contributed by atoms with Crippen LogP contribution in [-0.4, -0.2) is 18.6 Å². The Bertz CT molecular complexity index is 315. The van der Waals surface area contributed by atoms with Gasteiger partial charge in [0.2, 0.25) is 0 Å². The average molecular weight is 207 g/mol. The Labute approximate surface area is 92.3 Å². The largest absolute Gasteiger partial charge is 0.359 e. The molecule has 1 aromatic heterocycles. The first-order chi connectivity index (χ1) is 6.94. The zero-order valence-electron chi connectivity index (χ0n) is 10.1. The fourth-order valence-electron chi connectivity index (χ4n) is 1.72. The Morgan fingerprint density at radius 2 is 2.07 bits per heavy atom. The van der Waals surface area contributed by atoms with Crippen molar-refractivity contribution in [3.05, 3.63) is 23.9 Å². The Balaban J connectivity index is 2.86. The zero-order valence-corrected chi connectivity index (χ0v) is 10.1. The smallest absolute Gasteiger partial charge is 0.132 e. The SMILES string of the molecule is CN(CC(C)(C)C)c1ncccc1CN. The molecular formula is C12H21N3. The van der Waals surface area contributed by atoms with Gasteiger partial charge in [-0.15, -0.1) is 0 Å². The predicted molar refractivity (Wildman–Crippen MR) is 64.9 cm³/mol. The molecule has 0 aliphatic carbocycles. The van der Waals surface area contributed by atoms with E-state index in [-0.39, 0.29) is 5.41 Å². The lowest BCUT2D eigenvalue weighted by Gasteiger charge is -2.28. The Kier molecular flexibility index (Phi) is 3.69. The van der Waals surface area contributed by atoms with Gasteiger partial charge in [0.15, 0.2) is 0 Å². The summed E-state index contributed by atoms with van der Waals surface area (Å²) >= 11 is 0. The summed E-state index contributed by atoms with van der Waals surface area (Å²) in [5, 5.41) is 0. The standard InChI is InChI=1S/C12H21N3/c1-12(2,3)9-15(4)11-10(8-13)6-5-7-14-11/h5-7H,8-9,13H2,1-4H3. The second-order valence-electron chi connectivity index (χ2n) is 5.11. The van der Waals surface area contributed by atoms with E-state index in [9.17, 15) is 0 Å². The van der Waals surface area contributed by atoms with Crippen molar-refractivity contribution in [3.8, 4) is 0 Å². The number of pyridine rings is 1. The van der Waals surface area contributed by atoms with Crippen molar-refractivity contribution < 1.29 is 0 Å². The van der Waals surface area contributed by atoms with Crippen molar-refractivity contribution in [2.24, 2.45) is 11.1 Å². The minimum Gasteiger partial charge on any atom is -0.359 e. The van der Waals surface area contributed by atoms with Gasteiger partial charge in [0.05, 0.1) is 0 Å².